The maximum atomic E-state index is 13.5. The molecule has 13 heteroatoms. The standard InChI is InChI=1S/C40H50N8O5/c1-8-10-35(50)52-22-30-11-9-16-42-39(30)46(7)40(51)53-27(6)48(21-34(41)49)17-14-28(15-18-48)29-12-13-33-31(19-29)36(24(2)3)37(45-33)32-20-47-38(43-23-44-47)26(5)25(32)4/h9,11-13,16,19-20,23-24,27-28,45H,8,10,14-15,17-18,21-22H2,1-7H3,(H-,41,49)/p+1. The number of rotatable bonds is 12. The van der Waals surface area contributed by atoms with E-state index in [1.807, 2.05) is 18.4 Å². The average Bonchev–Trinajstić information content (AvgIpc) is 3.77. The highest BCUT2D eigenvalue weighted by Crippen LogP contribution is 2.41. The van der Waals surface area contributed by atoms with Crippen molar-refractivity contribution in [3.8, 4) is 11.3 Å². The summed E-state index contributed by atoms with van der Waals surface area (Å²) in [5.41, 5.74) is 15.3. The van der Waals surface area contributed by atoms with Crippen molar-refractivity contribution in [1.82, 2.24) is 24.6 Å². The lowest BCUT2D eigenvalue weighted by Gasteiger charge is -2.46. The fraction of sp³-hybridized carbons (Fsp3) is 0.450. The molecule has 1 fully saturated rings. The van der Waals surface area contributed by atoms with Crippen LogP contribution in [0.5, 0.6) is 0 Å². The molecule has 0 radical (unpaired) electrons. The molecule has 5 heterocycles. The number of H-pyrrole nitrogens is 1. The maximum absolute atomic E-state index is 13.5. The highest BCUT2D eigenvalue weighted by molar-refractivity contribution is 5.93. The highest BCUT2D eigenvalue weighted by atomic mass is 16.6. The number of aryl methyl sites for hydroxylation is 1. The maximum Gasteiger partial charge on any atom is 0.419 e. The van der Waals surface area contributed by atoms with Crippen LogP contribution in [0.1, 0.15) is 93.0 Å². The second-order valence-electron chi connectivity index (χ2n) is 14.7. The number of carbonyl (C=O) groups is 3. The fourth-order valence-corrected chi connectivity index (χ4v) is 7.83. The first-order valence-electron chi connectivity index (χ1n) is 18.5. The van der Waals surface area contributed by atoms with Crippen LogP contribution < -0.4 is 10.6 Å². The van der Waals surface area contributed by atoms with Crippen LogP contribution in [-0.2, 0) is 25.7 Å². The van der Waals surface area contributed by atoms with E-state index in [0.29, 0.717) is 37.3 Å². The molecule has 6 rings (SSSR count). The number of primary amides is 1. The van der Waals surface area contributed by atoms with Gasteiger partial charge in [0.1, 0.15) is 18.8 Å². The number of hydrogen-bond donors (Lipinski definition) is 2. The number of amides is 2. The topological polar surface area (TPSA) is 158 Å². The third-order valence-electron chi connectivity index (χ3n) is 11.0. The molecular formula is C40H51N8O5+. The van der Waals surface area contributed by atoms with Crippen LogP contribution >= 0.6 is 0 Å². The molecule has 2 amide bonds. The summed E-state index contributed by atoms with van der Waals surface area (Å²) in [4.78, 5) is 51.8. The number of nitrogens with zero attached hydrogens (tertiary/aromatic N) is 6. The van der Waals surface area contributed by atoms with Crippen molar-refractivity contribution in [2.24, 2.45) is 5.73 Å². The summed E-state index contributed by atoms with van der Waals surface area (Å²) in [6, 6.07) is 10.2. The van der Waals surface area contributed by atoms with Crippen LogP contribution in [0.2, 0.25) is 0 Å². The van der Waals surface area contributed by atoms with E-state index in [0.717, 1.165) is 40.8 Å². The van der Waals surface area contributed by atoms with E-state index in [1.165, 1.54) is 27.0 Å². The van der Waals surface area contributed by atoms with Crippen molar-refractivity contribution in [2.45, 2.75) is 91.9 Å². The zero-order valence-electron chi connectivity index (χ0n) is 31.8. The van der Waals surface area contributed by atoms with Gasteiger partial charge in [-0.15, -0.1) is 0 Å². The smallest absolute Gasteiger partial charge is 0.419 e. The third kappa shape index (κ3) is 7.48. The van der Waals surface area contributed by atoms with Gasteiger partial charge in [0.15, 0.2) is 12.2 Å². The van der Waals surface area contributed by atoms with Crippen LogP contribution in [0.15, 0.2) is 49.1 Å². The summed E-state index contributed by atoms with van der Waals surface area (Å²) in [5, 5.41) is 5.62. The van der Waals surface area contributed by atoms with Crippen molar-refractivity contribution in [3.05, 3.63) is 76.9 Å². The number of aromatic nitrogens is 5. The van der Waals surface area contributed by atoms with E-state index in [2.05, 4.69) is 72.1 Å². The number of benzene rings is 1. The molecule has 0 bridgehead atoms. The molecule has 1 atom stereocenters. The Labute approximate surface area is 310 Å². The number of aromatic amines is 1. The molecule has 1 unspecified atom stereocenters. The molecule has 1 aliphatic heterocycles. The monoisotopic (exact) mass is 723 g/mol. The number of quaternary nitrogens is 1. The molecule has 0 aliphatic carbocycles. The normalized spacial score (nSPS) is 18.0. The number of hydrogen-bond acceptors (Lipinski definition) is 8. The molecule has 1 saturated heterocycles. The molecule has 5 aromatic rings. The first kappa shape index (κ1) is 37.5. The molecule has 4 aromatic heterocycles. The van der Waals surface area contributed by atoms with E-state index in [1.54, 1.807) is 31.7 Å². The van der Waals surface area contributed by atoms with Crippen LogP contribution in [0.4, 0.5) is 10.6 Å². The van der Waals surface area contributed by atoms with E-state index < -0.39 is 18.2 Å². The first-order valence-corrected chi connectivity index (χ1v) is 18.5. The second kappa shape index (κ2) is 15.4. The van der Waals surface area contributed by atoms with Gasteiger partial charge in [0.2, 0.25) is 6.23 Å². The zero-order valence-corrected chi connectivity index (χ0v) is 31.8. The summed E-state index contributed by atoms with van der Waals surface area (Å²) >= 11 is 0. The largest absolute Gasteiger partial charge is 0.461 e. The van der Waals surface area contributed by atoms with Gasteiger partial charge < -0.3 is 20.2 Å². The minimum atomic E-state index is -0.649. The van der Waals surface area contributed by atoms with E-state index >= 15 is 0 Å². The Morgan fingerprint density at radius 3 is 2.55 bits per heavy atom. The number of likely N-dealkylation sites (tertiary alicyclic amines) is 1. The summed E-state index contributed by atoms with van der Waals surface area (Å²) in [7, 11) is 1.57. The predicted octanol–water partition coefficient (Wildman–Crippen LogP) is 6.65. The summed E-state index contributed by atoms with van der Waals surface area (Å²) in [6.45, 7) is 13.7. The van der Waals surface area contributed by atoms with Crippen LogP contribution in [0.3, 0.4) is 0 Å². The van der Waals surface area contributed by atoms with Gasteiger partial charge in [0.05, 0.1) is 18.8 Å². The molecule has 0 saturated carbocycles. The molecule has 3 N–H and O–H groups in total. The Morgan fingerprint density at radius 1 is 1.09 bits per heavy atom. The van der Waals surface area contributed by atoms with Crippen LogP contribution in [-0.4, -0.2) is 79.9 Å². The Morgan fingerprint density at radius 2 is 1.85 bits per heavy atom. The van der Waals surface area contributed by atoms with Crippen molar-refractivity contribution in [3.63, 3.8) is 0 Å². The Balaban J connectivity index is 1.20. The van der Waals surface area contributed by atoms with Gasteiger partial charge >= 0.3 is 12.1 Å². The fourth-order valence-electron chi connectivity index (χ4n) is 7.83. The number of carbonyl (C=O) groups excluding carboxylic acids is 3. The predicted molar refractivity (Wildman–Crippen MR) is 203 cm³/mol. The van der Waals surface area contributed by atoms with Crippen molar-refractivity contribution in [2.75, 3.05) is 31.6 Å². The summed E-state index contributed by atoms with van der Waals surface area (Å²) < 4.78 is 13.5. The van der Waals surface area contributed by atoms with Gasteiger partial charge in [0, 0.05) is 67.7 Å². The second-order valence-corrected chi connectivity index (χ2v) is 14.7. The van der Waals surface area contributed by atoms with Crippen molar-refractivity contribution < 1.29 is 28.3 Å². The molecular weight excluding hydrogens is 672 g/mol. The number of piperidine rings is 1. The summed E-state index contributed by atoms with van der Waals surface area (Å²) in [6.07, 6.45) is 6.53. The SMILES string of the molecule is CCCC(=O)OCc1cccnc1N(C)C(=O)OC(C)[N+]1(CC(N)=O)CCC(c2ccc3[nH]c(-c4cn5ncnc5c(C)c4C)c(C(C)C)c3c2)CC1. The minimum absolute atomic E-state index is 0.00911. The van der Waals surface area contributed by atoms with Gasteiger partial charge in [-0.1, -0.05) is 32.9 Å². The quantitative estimate of drug-likeness (QED) is 0.107. The van der Waals surface area contributed by atoms with Gasteiger partial charge in [-0.3, -0.25) is 19.0 Å². The lowest BCUT2D eigenvalue weighted by atomic mass is 9.86. The molecule has 53 heavy (non-hydrogen) atoms. The number of esters is 1. The minimum Gasteiger partial charge on any atom is -0.461 e. The molecule has 1 aromatic carbocycles. The van der Waals surface area contributed by atoms with Gasteiger partial charge in [-0.2, -0.15) is 5.10 Å². The van der Waals surface area contributed by atoms with Crippen LogP contribution in [0, 0.1) is 13.8 Å². The first-order chi connectivity index (χ1) is 25.3. The number of fused-ring (bicyclic) bond motifs is 2. The molecule has 1 aliphatic rings. The van der Waals surface area contributed by atoms with Gasteiger partial charge in [0.25, 0.3) is 5.91 Å². The van der Waals surface area contributed by atoms with Gasteiger partial charge in [-0.25, -0.2) is 19.3 Å². The molecule has 280 valence electrons. The highest BCUT2D eigenvalue weighted by Gasteiger charge is 2.43. The number of nitrogens with one attached hydrogen (secondary N) is 1. The number of nitrogens with two attached hydrogens (primary N) is 1. The van der Waals surface area contributed by atoms with E-state index in [-0.39, 0.29) is 35.4 Å². The number of anilines is 1. The van der Waals surface area contributed by atoms with Crippen molar-refractivity contribution in [1.29, 1.82) is 0 Å². The summed E-state index contributed by atoms with van der Waals surface area (Å²) in [5.74, 6) is 0.0931. The number of ether oxygens (including phenoxy) is 2. The lowest BCUT2D eigenvalue weighted by molar-refractivity contribution is -0.964. The Kier molecular flexibility index (Phi) is 10.9. The Hall–Kier alpha value is -5.30. The van der Waals surface area contributed by atoms with E-state index in [9.17, 15) is 14.4 Å². The number of pyridine rings is 2. The van der Waals surface area contributed by atoms with E-state index in [4.69, 9.17) is 15.2 Å². The lowest BCUT2D eigenvalue weighted by Crippen LogP contribution is -2.62. The average molecular weight is 724 g/mol. The van der Waals surface area contributed by atoms with Gasteiger partial charge in [-0.05, 0) is 72.6 Å². The zero-order chi connectivity index (χ0) is 38.0. The third-order valence-corrected chi connectivity index (χ3v) is 11.0. The van der Waals surface area contributed by atoms with Crippen LogP contribution in [0.25, 0.3) is 27.8 Å². The van der Waals surface area contributed by atoms with Crippen molar-refractivity contribution >= 4 is 40.3 Å². The molecule has 13 nitrogen and oxygen atoms in total. The Bertz CT molecular complexity index is 2150. The molecule has 0 spiro atoms.